The monoisotopic (exact) mass is 385 g/mol. The van der Waals surface area contributed by atoms with Crippen molar-refractivity contribution < 1.29 is 8.42 Å². The maximum absolute atomic E-state index is 13.4. The van der Waals surface area contributed by atoms with Crippen molar-refractivity contribution in [3.05, 3.63) is 94.5 Å². The number of halogens is 1. The number of sulfonamides is 1. The van der Waals surface area contributed by atoms with Crippen molar-refractivity contribution in [2.45, 2.75) is 25.3 Å². The molecule has 0 N–H and O–H groups in total. The first-order valence-electron chi connectivity index (χ1n) is 8.28. The lowest BCUT2D eigenvalue weighted by Crippen LogP contribution is -2.31. The van der Waals surface area contributed by atoms with Crippen LogP contribution in [0, 0.1) is 13.8 Å². The highest BCUT2D eigenvalue weighted by atomic mass is 35.5. The molecule has 0 amide bonds. The molecule has 0 fully saturated rings. The minimum atomic E-state index is -3.71. The zero-order chi connectivity index (χ0) is 18.7. The van der Waals surface area contributed by atoms with Gasteiger partial charge in [0, 0.05) is 5.02 Å². The maximum Gasteiger partial charge on any atom is 0.264 e. The van der Waals surface area contributed by atoms with Crippen molar-refractivity contribution in [3.63, 3.8) is 0 Å². The molecule has 26 heavy (non-hydrogen) atoms. The summed E-state index contributed by atoms with van der Waals surface area (Å²) >= 11 is 5.97. The zero-order valence-electron chi connectivity index (χ0n) is 14.7. The molecule has 0 radical (unpaired) electrons. The van der Waals surface area contributed by atoms with Gasteiger partial charge in [-0.2, -0.15) is 0 Å². The fourth-order valence-corrected chi connectivity index (χ4v) is 4.69. The molecule has 3 aromatic rings. The fourth-order valence-electron chi connectivity index (χ4n) is 2.96. The average molecular weight is 386 g/mol. The number of benzene rings is 3. The van der Waals surface area contributed by atoms with Gasteiger partial charge in [0.2, 0.25) is 0 Å². The molecule has 0 aliphatic rings. The summed E-state index contributed by atoms with van der Waals surface area (Å²) in [5.74, 6) is 0. The summed E-state index contributed by atoms with van der Waals surface area (Å²) < 4.78 is 28.3. The summed E-state index contributed by atoms with van der Waals surface area (Å²) in [5.41, 5.74) is 3.42. The summed E-state index contributed by atoms with van der Waals surface area (Å²) in [5, 5.41) is 0.623. The third-order valence-electron chi connectivity index (χ3n) is 4.26. The summed E-state index contributed by atoms with van der Waals surface area (Å²) in [7, 11) is -3.71. The number of hydrogen-bond acceptors (Lipinski definition) is 2. The van der Waals surface area contributed by atoms with Crippen LogP contribution < -0.4 is 4.31 Å². The molecule has 3 rings (SSSR count). The van der Waals surface area contributed by atoms with E-state index in [0.29, 0.717) is 10.7 Å². The van der Waals surface area contributed by atoms with Crippen LogP contribution in [0.4, 0.5) is 5.69 Å². The highest BCUT2D eigenvalue weighted by molar-refractivity contribution is 7.92. The Morgan fingerprint density at radius 2 is 1.38 bits per heavy atom. The van der Waals surface area contributed by atoms with E-state index in [0.717, 1.165) is 16.7 Å². The molecule has 0 aliphatic carbocycles. The molecule has 0 heterocycles. The molecular weight excluding hydrogens is 366 g/mol. The van der Waals surface area contributed by atoms with Gasteiger partial charge in [-0.1, -0.05) is 60.1 Å². The first kappa shape index (κ1) is 18.5. The third kappa shape index (κ3) is 3.76. The minimum Gasteiger partial charge on any atom is -0.261 e. The van der Waals surface area contributed by atoms with Gasteiger partial charge in [0.05, 0.1) is 17.1 Å². The number of anilines is 1. The normalized spacial score (nSPS) is 11.3. The van der Waals surface area contributed by atoms with Gasteiger partial charge in [0.25, 0.3) is 10.0 Å². The van der Waals surface area contributed by atoms with Crippen LogP contribution in [0.1, 0.15) is 16.7 Å². The van der Waals surface area contributed by atoms with Crippen molar-refractivity contribution in [2.24, 2.45) is 0 Å². The standard InChI is InChI=1S/C21H20ClNO2S/c1-16-7-6-8-17(2)21(16)23(15-18-11-13-19(22)14-12-18)26(24,25)20-9-4-3-5-10-20/h3-14H,15H2,1-2H3. The molecular formula is C21H20ClNO2S. The number of para-hydroxylation sites is 1. The van der Waals surface area contributed by atoms with Crippen molar-refractivity contribution in [3.8, 4) is 0 Å². The molecule has 0 aliphatic heterocycles. The molecule has 0 atom stereocenters. The van der Waals surface area contributed by atoms with E-state index in [2.05, 4.69) is 0 Å². The Kier molecular flexibility index (Phi) is 5.35. The lowest BCUT2D eigenvalue weighted by atomic mass is 10.1. The molecule has 0 spiro atoms. The van der Waals surface area contributed by atoms with E-state index in [1.807, 2.05) is 50.2 Å². The van der Waals surface area contributed by atoms with E-state index in [1.165, 1.54) is 4.31 Å². The van der Waals surface area contributed by atoms with Crippen LogP contribution in [0.3, 0.4) is 0 Å². The quantitative estimate of drug-likeness (QED) is 0.593. The SMILES string of the molecule is Cc1cccc(C)c1N(Cc1ccc(Cl)cc1)S(=O)(=O)c1ccccc1. The Morgan fingerprint density at radius 3 is 1.96 bits per heavy atom. The zero-order valence-corrected chi connectivity index (χ0v) is 16.3. The Morgan fingerprint density at radius 1 is 0.808 bits per heavy atom. The van der Waals surface area contributed by atoms with Gasteiger partial charge in [0.15, 0.2) is 0 Å². The summed E-state index contributed by atoms with van der Waals surface area (Å²) in [6, 6.07) is 21.6. The van der Waals surface area contributed by atoms with Gasteiger partial charge in [-0.05, 0) is 54.8 Å². The van der Waals surface area contributed by atoms with Crippen LogP contribution in [0.5, 0.6) is 0 Å². The Hall–Kier alpha value is -2.30. The molecule has 0 saturated heterocycles. The van der Waals surface area contributed by atoms with Gasteiger partial charge in [0.1, 0.15) is 0 Å². The molecule has 0 unspecified atom stereocenters. The van der Waals surface area contributed by atoms with Gasteiger partial charge in [-0.15, -0.1) is 0 Å². The molecule has 134 valence electrons. The van der Waals surface area contributed by atoms with Crippen molar-refractivity contribution in [2.75, 3.05) is 4.31 Å². The predicted molar refractivity (Wildman–Crippen MR) is 107 cm³/mol. The minimum absolute atomic E-state index is 0.236. The van der Waals surface area contributed by atoms with E-state index in [1.54, 1.807) is 36.4 Å². The summed E-state index contributed by atoms with van der Waals surface area (Å²) in [6.07, 6.45) is 0. The smallest absolute Gasteiger partial charge is 0.261 e. The third-order valence-corrected chi connectivity index (χ3v) is 6.27. The predicted octanol–water partition coefficient (Wildman–Crippen LogP) is 5.35. The highest BCUT2D eigenvalue weighted by Crippen LogP contribution is 2.31. The summed E-state index contributed by atoms with van der Waals surface area (Å²) in [6.45, 7) is 4.09. The topological polar surface area (TPSA) is 37.4 Å². The van der Waals surface area contributed by atoms with Gasteiger partial charge >= 0.3 is 0 Å². The van der Waals surface area contributed by atoms with Crippen LogP contribution in [0.15, 0.2) is 77.7 Å². The van der Waals surface area contributed by atoms with Gasteiger partial charge in [-0.25, -0.2) is 8.42 Å². The number of aryl methyl sites for hydroxylation is 2. The average Bonchev–Trinajstić information content (AvgIpc) is 2.63. The van der Waals surface area contributed by atoms with Crippen molar-refractivity contribution in [1.29, 1.82) is 0 Å². The second-order valence-corrected chi connectivity index (χ2v) is 8.49. The molecule has 0 saturated carbocycles. The molecule has 3 nitrogen and oxygen atoms in total. The van der Waals surface area contributed by atoms with Crippen LogP contribution in [-0.2, 0) is 16.6 Å². The molecule has 5 heteroatoms. The van der Waals surface area contributed by atoms with E-state index >= 15 is 0 Å². The van der Waals surface area contributed by atoms with E-state index in [4.69, 9.17) is 11.6 Å². The van der Waals surface area contributed by atoms with E-state index in [-0.39, 0.29) is 11.4 Å². The Balaban J connectivity index is 2.15. The Bertz CT molecular complexity index is 980. The van der Waals surface area contributed by atoms with Crippen molar-refractivity contribution in [1.82, 2.24) is 0 Å². The number of nitrogens with zero attached hydrogens (tertiary/aromatic N) is 1. The second kappa shape index (κ2) is 7.52. The fraction of sp³-hybridized carbons (Fsp3) is 0.143. The lowest BCUT2D eigenvalue weighted by molar-refractivity contribution is 0.590. The van der Waals surface area contributed by atoms with Crippen LogP contribution in [0.2, 0.25) is 5.02 Å². The van der Waals surface area contributed by atoms with Crippen molar-refractivity contribution >= 4 is 27.3 Å². The summed E-state index contributed by atoms with van der Waals surface area (Å²) in [4.78, 5) is 0.275. The van der Waals surface area contributed by atoms with E-state index in [9.17, 15) is 8.42 Å². The lowest BCUT2D eigenvalue weighted by Gasteiger charge is -2.28. The number of rotatable bonds is 5. The first-order chi connectivity index (χ1) is 12.4. The molecule has 0 bridgehead atoms. The largest absolute Gasteiger partial charge is 0.264 e. The van der Waals surface area contributed by atoms with E-state index < -0.39 is 10.0 Å². The maximum atomic E-state index is 13.4. The second-order valence-electron chi connectivity index (χ2n) is 6.19. The number of hydrogen-bond donors (Lipinski definition) is 0. The van der Waals surface area contributed by atoms with Crippen LogP contribution in [0.25, 0.3) is 0 Å². The highest BCUT2D eigenvalue weighted by Gasteiger charge is 2.27. The van der Waals surface area contributed by atoms with Gasteiger partial charge < -0.3 is 0 Å². The van der Waals surface area contributed by atoms with Crippen LogP contribution >= 0.6 is 11.6 Å². The first-order valence-corrected chi connectivity index (χ1v) is 10.1. The molecule has 0 aromatic heterocycles. The Labute approximate surface area is 159 Å². The van der Waals surface area contributed by atoms with Crippen LogP contribution in [-0.4, -0.2) is 8.42 Å². The molecule has 3 aromatic carbocycles. The van der Waals surface area contributed by atoms with Gasteiger partial charge in [-0.3, -0.25) is 4.31 Å².